The van der Waals surface area contributed by atoms with Crippen LogP contribution < -0.4 is 10.2 Å². The monoisotopic (exact) mass is 261 g/mol. The molecule has 0 aliphatic carbocycles. The summed E-state index contributed by atoms with van der Waals surface area (Å²) in [5.41, 5.74) is 1.34. The van der Waals surface area contributed by atoms with E-state index in [0.717, 1.165) is 37.9 Å². The Hall–Kier alpha value is -1.09. The molecule has 3 heteroatoms. The second-order valence-corrected chi connectivity index (χ2v) is 5.72. The van der Waals surface area contributed by atoms with Crippen molar-refractivity contribution in [2.24, 2.45) is 5.92 Å². The van der Waals surface area contributed by atoms with Crippen LogP contribution in [0.15, 0.2) is 18.3 Å². The van der Waals surface area contributed by atoms with E-state index in [1.54, 1.807) is 0 Å². The second-order valence-electron chi connectivity index (χ2n) is 5.72. The van der Waals surface area contributed by atoms with Crippen LogP contribution in [0, 0.1) is 5.92 Å². The lowest BCUT2D eigenvalue weighted by molar-refractivity contribution is 0.521. The average molecular weight is 261 g/mol. The summed E-state index contributed by atoms with van der Waals surface area (Å²) in [6.45, 7) is 8.90. The number of hydrogen-bond donors (Lipinski definition) is 1. The van der Waals surface area contributed by atoms with Gasteiger partial charge in [0.05, 0.1) is 0 Å². The lowest BCUT2D eigenvalue weighted by Crippen LogP contribution is -2.25. The van der Waals surface area contributed by atoms with Gasteiger partial charge in [-0.25, -0.2) is 4.98 Å². The zero-order valence-corrected chi connectivity index (χ0v) is 12.4. The highest BCUT2D eigenvalue weighted by atomic mass is 15.2. The maximum absolute atomic E-state index is 4.56. The zero-order chi connectivity index (χ0) is 13.5. The third-order valence-corrected chi connectivity index (χ3v) is 3.91. The maximum atomic E-state index is 4.56. The van der Waals surface area contributed by atoms with Gasteiger partial charge in [-0.3, -0.25) is 0 Å². The molecule has 2 heterocycles. The van der Waals surface area contributed by atoms with Crippen LogP contribution in [-0.4, -0.2) is 24.6 Å². The fraction of sp³-hybridized carbons (Fsp3) is 0.688. The summed E-state index contributed by atoms with van der Waals surface area (Å²) in [4.78, 5) is 7.01. The normalized spacial score (nSPS) is 20.3. The molecule has 2 rings (SSSR count). The third-order valence-electron chi connectivity index (χ3n) is 3.91. The van der Waals surface area contributed by atoms with Crippen LogP contribution in [0.4, 0.5) is 5.82 Å². The van der Waals surface area contributed by atoms with Crippen LogP contribution >= 0.6 is 0 Å². The fourth-order valence-corrected chi connectivity index (χ4v) is 2.65. The van der Waals surface area contributed by atoms with Crippen LogP contribution in [-0.2, 0) is 6.54 Å². The van der Waals surface area contributed by atoms with E-state index >= 15 is 0 Å². The third kappa shape index (κ3) is 4.50. The molecule has 1 aliphatic heterocycles. The van der Waals surface area contributed by atoms with Gasteiger partial charge < -0.3 is 10.2 Å². The van der Waals surface area contributed by atoms with Gasteiger partial charge in [0.25, 0.3) is 0 Å². The van der Waals surface area contributed by atoms with Crippen molar-refractivity contribution in [3.8, 4) is 0 Å². The van der Waals surface area contributed by atoms with Crippen LogP contribution in [0.2, 0.25) is 0 Å². The Labute approximate surface area is 117 Å². The number of pyridine rings is 1. The Kier molecular flexibility index (Phi) is 5.64. The number of rotatable bonds is 5. The molecule has 19 heavy (non-hydrogen) atoms. The van der Waals surface area contributed by atoms with Gasteiger partial charge in [0.2, 0.25) is 0 Å². The summed E-state index contributed by atoms with van der Waals surface area (Å²) in [7, 11) is 0. The fourth-order valence-electron chi connectivity index (χ4n) is 2.65. The van der Waals surface area contributed by atoms with Gasteiger partial charge in [-0.2, -0.15) is 0 Å². The van der Waals surface area contributed by atoms with E-state index in [-0.39, 0.29) is 0 Å². The van der Waals surface area contributed by atoms with Crippen molar-refractivity contribution in [1.82, 2.24) is 10.3 Å². The summed E-state index contributed by atoms with van der Waals surface area (Å²) in [6, 6.07) is 4.37. The van der Waals surface area contributed by atoms with E-state index in [1.807, 2.05) is 6.20 Å². The van der Waals surface area contributed by atoms with Gasteiger partial charge in [-0.05, 0) is 55.8 Å². The first-order valence-corrected chi connectivity index (χ1v) is 7.70. The highest BCUT2D eigenvalue weighted by molar-refractivity contribution is 5.41. The highest BCUT2D eigenvalue weighted by Crippen LogP contribution is 2.21. The minimum atomic E-state index is 0.861. The Bertz CT molecular complexity index is 378. The van der Waals surface area contributed by atoms with Gasteiger partial charge in [0.15, 0.2) is 0 Å². The summed E-state index contributed by atoms with van der Waals surface area (Å²) < 4.78 is 0. The molecule has 106 valence electrons. The molecule has 1 saturated heterocycles. The van der Waals surface area contributed by atoms with Crippen LogP contribution in [0.5, 0.6) is 0 Å². The van der Waals surface area contributed by atoms with Crippen molar-refractivity contribution in [1.29, 1.82) is 0 Å². The first kappa shape index (κ1) is 14.3. The number of aromatic nitrogens is 1. The minimum Gasteiger partial charge on any atom is -0.357 e. The van der Waals surface area contributed by atoms with E-state index in [9.17, 15) is 0 Å². The van der Waals surface area contributed by atoms with E-state index in [2.05, 4.69) is 41.2 Å². The molecule has 1 aliphatic rings. The molecule has 1 atom stereocenters. The van der Waals surface area contributed by atoms with Gasteiger partial charge in [0, 0.05) is 25.8 Å². The molecule has 1 N–H and O–H groups in total. The van der Waals surface area contributed by atoms with Crippen molar-refractivity contribution in [3.05, 3.63) is 23.9 Å². The zero-order valence-electron chi connectivity index (χ0n) is 12.4. The molecule has 1 aromatic rings. The SMILES string of the molecule is CCCNCc1ccnc(N2CCCC(C)CC2)c1. The molecular weight excluding hydrogens is 234 g/mol. The van der Waals surface area contributed by atoms with Gasteiger partial charge >= 0.3 is 0 Å². The first-order chi connectivity index (χ1) is 9.29. The molecule has 0 radical (unpaired) electrons. The molecule has 0 spiro atoms. The van der Waals surface area contributed by atoms with E-state index in [4.69, 9.17) is 0 Å². The lowest BCUT2D eigenvalue weighted by atomic mass is 10.0. The van der Waals surface area contributed by atoms with Crippen molar-refractivity contribution >= 4 is 5.82 Å². The quantitative estimate of drug-likeness (QED) is 0.825. The Morgan fingerprint density at radius 3 is 3.11 bits per heavy atom. The number of nitrogens with one attached hydrogen (secondary N) is 1. The topological polar surface area (TPSA) is 28.2 Å². The van der Waals surface area contributed by atoms with Crippen molar-refractivity contribution in [3.63, 3.8) is 0 Å². The Morgan fingerprint density at radius 2 is 2.26 bits per heavy atom. The van der Waals surface area contributed by atoms with Crippen molar-refractivity contribution < 1.29 is 0 Å². The molecule has 1 aromatic heterocycles. The molecule has 0 amide bonds. The molecule has 1 unspecified atom stereocenters. The Balaban J connectivity index is 1.97. The minimum absolute atomic E-state index is 0.861. The summed E-state index contributed by atoms with van der Waals surface area (Å²) in [6.07, 6.45) is 7.07. The Morgan fingerprint density at radius 1 is 1.37 bits per heavy atom. The molecule has 3 nitrogen and oxygen atoms in total. The maximum Gasteiger partial charge on any atom is 0.128 e. The van der Waals surface area contributed by atoms with Gasteiger partial charge in [-0.1, -0.05) is 13.8 Å². The van der Waals surface area contributed by atoms with E-state index < -0.39 is 0 Å². The smallest absolute Gasteiger partial charge is 0.128 e. The van der Waals surface area contributed by atoms with Crippen LogP contribution in [0.3, 0.4) is 0 Å². The first-order valence-electron chi connectivity index (χ1n) is 7.70. The molecular formula is C16H27N3. The lowest BCUT2D eigenvalue weighted by Gasteiger charge is -2.22. The summed E-state index contributed by atoms with van der Waals surface area (Å²) in [5.74, 6) is 2.02. The number of nitrogens with zero attached hydrogens (tertiary/aromatic N) is 2. The molecule has 0 bridgehead atoms. The van der Waals surface area contributed by atoms with Crippen LogP contribution in [0.1, 0.15) is 45.1 Å². The number of hydrogen-bond acceptors (Lipinski definition) is 3. The highest BCUT2D eigenvalue weighted by Gasteiger charge is 2.15. The van der Waals surface area contributed by atoms with Crippen molar-refractivity contribution in [2.45, 2.75) is 46.1 Å². The molecule has 0 aromatic carbocycles. The van der Waals surface area contributed by atoms with E-state index in [0.29, 0.717) is 0 Å². The van der Waals surface area contributed by atoms with Crippen molar-refractivity contribution in [2.75, 3.05) is 24.5 Å². The largest absolute Gasteiger partial charge is 0.357 e. The standard InChI is InChI=1S/C16H27N3/c1-3-8-17-13-15-6-9-18-16(12-15)19-10-4-5-14(2)7-11-19/h6,9,12,14,17H,3-5,7-8,10-11,13H2,1-2H3. The molecule has 1 fully saturated rings. The van der Waals surface area contributed by atoms with E-state index in [1.165, 1.54) is 31.2 Å². The molecule has 0 saturated carbocycles. The average Bonchev–Trinajstić information content (AvgIpc) is 2.64. The summed E-state index contributed by atoms with van der Waals surface area (Å²) in [5, 5.41) is 3.45. The number of anilines is 1. The predicted octanol–water partition coefficient (Wildman–Crippen LogP) is 3.21. The summed E-state index contributed by atoms with van der Waals surface area (Å²) >= 11 is 0. The predicted molar refractivity (Wildman–Crippen MR) is 81.5 cm³/mol. The van der Waals surface area contributed by atoms with Gasteiger partial charge in [-0.15, -0.1) is 0 Å². The van der Waals surface area contributed by atoms with Gasteiger partial charge in [0.1, 0.15) is 5.82 Å². The second kappa shape index (κ2) is 7.49. The van der Waals surface area contributed by atoms with Crippen LogP contribution in [0.25, 0.3) is 0 Å².